The number of fused-ring (bicyclic) bond motifs is 2. The molecule has 2 fully saturated rings. The van der Waals surface area contributed by atoms with E-state index < -0.39 is 0 Å². The first-order valence-corrected chi connectivity index (χ1v) is 11.0. The second-order valence-corrected chi connectivity index (χ2v) is 8.89. The number of nitrogens with zero attached hydrogens (tertiary/aromatic N) is 3. The average Bonchev–Trinajstić information content (AvgIpc) is 3.55. The van der Waals surface area contributed by atoms with Crippen LogP contribution in [0.15, 0.2) is 48.6 Å². The SMILES string of the molecule is CN(C(=O)c1cc(C2CCN(C(=O)C3CC4C=CC3C4)CC2)[nH]n1)c1ccccc1. The third-order valence-corrected chi connectivity index (χ3v) is 7.11. The summed E-state index contributed by atoms with van der Waals surface area (Å²) in [6.45, 7) is 1.57. The molecule has 2 aliphatic carbocycles. The van der Waals surface area contributed by atoms with Gasteiger partial charge in [-0.15, -0.1) is 0 Å². The first-order chi connectivity index (χ1) is 14.6. The number of amides is 2. The van der Waals surface area contributed by atoms with Gasteiger partial charge in [0.25, 0.3) is 5.91 Å². The van der Waals surface area contributed by atoms with Crippen LogP contribution in [-0.4, -0.2) is 47.0 Å². The van der Waals surface area contributed by atoms with E-state index in [2.05, 4.69) is 27.2 Å². The molecule has 2 aromatic rings. The van der Waals surface area contributed by atoms with E-state index in [-0.39, 0.29) is 11.8 Å². The van der Waals surface area contributed by atoms with Gasteiger partial charge in [0, 0.05) is 43.4 Å². The van der Waals surface area contributed by atoms with Crippen molar-refractivity contribution in [1.82, 2.24) is 15.1 Å². The number of para-hydroxylation sites is 1. The summed E-state index contributed by atoms with van der Waals surface area (Å²) >= 11 is 0. The van der Waals surface area contributed by atoms with Crippen molar-refractivity contribution in [2.24, 2.45) is 17.8 Å². The van der Waals surface area contributed by atoms with Gasteiger partial charge in [-0.05, 0) is 55.7 Å². The van der Waals surface area contributed by atoms with Gasteiger partial charge in [-0.2, -0.15) is 5.10 Å². The van der Waals surface area contributed by atoms with Crippen LogP contribution in [0.25, 0.3) is 0 Å². The molecule has 6 nitrogen and oxygen atoms in total. The Morgan fingerprint density at radius 2 is 1.87 bits per heavy atom. The van der Waals surface area contributed by atoms with Crippen LogP contribution in [0, 0.1) is 17.8 Å². The lowest BCUT2D eigenvalue weighted by Crippen LogP contribution is -2.42. The highest BCUT2D eigenvalue weighted by molar-refractivity contribution is 6.04. The van der Waals surface area contributed by atoms with Crippen molar-refractivity contribution in [3.63, 3.8) is 0 Å². The molecule has 1 saturated heterocycles. The Morgan fingerprint density at radius 1 is 1.10 bits per heavy atom. The van der Waals surface area contributed by atoms with Gasteiger partial charge in [0.05, 0.1) is 0 Å². The van der Waals surface area contributed by atoms with Gasteiger partial charge in [0.15, 0.2) is 5.69 Å². The number of piperidine rings is 1. The number of benzene rings is 1. The second-order valence-electron chi connectivity index (χ2n) is 8.89. The topological polar surface area (TPSA) is 69.3 Å². The first-order valence-electron chi connectivity index (χ1n) is 11.0. The summed E-state index contributed by atoms with van der Waals surface area (Å²) in [5, 5.41) is 7.35. The van der Waals surface area contributed by atoms with Crippen LogP contribution in [0.2, 0.25) is 0 Å². The molecule has 1 aromatic heterocycles. The Balaban J connectivity index is 1.19. The molecule has 0 radical (unpaired) electrons. The Labute approximate surface area is 176 Å². The molecule has 3 atom stereocenters. The number of nitrogens with one attached hydrogen (secondary N) is 1. The number of hydrogen-bond donors (Lipinski definition) is 1. The molecule has 2 bridgehead atoms. The van der Waals surface area contributed by atoms with E-state index in [0.717, 1.165) is 50.2 Å². The largest absolute Gasteiger partial charge is 0.342 e. The lowest BCUT2D eigenvalue weighted by Gasteiger charge is -2.34. The fourth-order valence-electron chi connectivity index (χ4n) is 5.31. The summed E-state index contributed by atoms with van der Waals surface area (Å²) in [6.07, 6.45) is 8.54. The molecule has 2 amide bonds. The van der Waals surface area contributed by atoms with Crippen LogP contribution >= 0.6 is 0 Å². The lowest BCUT2D eigenvalue weighted by atomic mass is 9.89. The van der Waals surface area contributed by atoms with Crippen LogP contribution in [0.5, 0.6) is 0 Å². The minimum Gasteiger partial charge on any atom is -0.342 e. The molecule has 3 aliphatic rings. The summed E-state index contributed by atoms with van der Waals surface area (Å²) in [4.78, 5) is 29.4. The lowest BCUT2D eigenvalue weighted by molar-refractivity contribution is -0.137. The molecule has 1 aromatic carbocycles. The fourth-order valence-corrected chi connectivity index (χ4v) is 5.31. The van der Waals surface area contributed by atoms with Crippen molar-refractivity contribution in [3.05, 3.63) is 59.9 Å². The number of anilines is 1. The predicted molar refractivity (Wildman–Crippen MR) is 115 cm³/mol. The minimum absolute atomic E-state index is 0.124. The molecular formula is C24H28N4O2. The van der Waals surface area contributed by atoms with Gasteiger partial charge in [-0.1, -0.05) is 30.4 Å². The zero-order valence-electron chi connectivity index (χ0n) is 17.3. The highest BCUT2D eigenvalue weighted by Gasteiger charge is 2.42. The zero-order chi connectivity index (χ0) is 20.7. The summed E-state index contributed by atoms with van der Waals surface area (Å²) in [6, 6.07) is 11.5. The van der Waals surface area contributed by atoms with Crippen molar-refractivity contribution in [2.45, 2.75) is 31.6 Å². The molecule has 30 heavy (non-hydrogen) atoms. The summed E-state index contributed by atoms with van der Waals surface area (Å²) in [5.74, 6) is 1.81. The van der Waals surface area contributed by atoms with E-state index in [1.54, 1.807) is 11.9 Å². The van der Waals surface area contributed by atoms with Crippen LogP contribution < -0.4 is 4.90 Å². The third kappa shape index (κ3) is 3.44. The highest BCUT2D eigenvalue weighted by atomic mass is 16.2. The monoisotopic (exact) mass is 404 g/mol. The minimum atomic E-state index is -0.124. The van der Waals surface area contributed by atoms with Crippen molar-refractivity contribution >= 4 is 17.5 Å². The Morgan fingerprint density at radius 3 is 2.53 bits per heavy atom. The predicted octanol–water partition coefficient (Wildman–Crippen LogP) is 3.60. The van der Waals surface area contributed by atoms with Gasteiger partial charge in [-0.3, -0.25) is 14.7 Å². The smallest absolute Gasteiger partial charge is 0.278 e. The van der Waals surface area contributed by atoms with E-state index in [9.17, 15) is 9.59 Å². The van der Waals surface area contributed by atoms with Gasteiger partial charge in [0.1, 0.15) is 0 Å². The van der Waals surface area contributed by atoms with Crippen LogP contribution in [0.4, 0.5) is 5.69 Å². The first kappa shape index (κ1) is 19.1. The van der Waals surface area contributed by atoms with E-state index >= 15 is 0 Å². The van der Waals surface area contributed by atoms with Crippen molar-refractivity contribution in [3.8, 4) is 0 Å². The molecule has 3 unspecified atom stereocenters. The number of rotatable bonds is 4. The van der Waals surface area contributed by atoms with Crippen LogP contribution in [-0.2, 0) is 4.79 Å². The molecule has 1 N–H and O–H groups in total. The number of carbonyl (C=O) groups is 2. The Kier molecular flexibility index (Phi) is 4.93. The fraction of sp³-hybridized carbons (Fsp3) is 0.458. The number of H-pyrrole nitrogens is 1. The molecule has 0 spiro atoms. The molecule has 6 heteroatoms. The third-order valence-electron chi connectivity index (χ3n) is 7.11. The molecule has 5 rings (SSSR count). The highest BCUT2D eigenvalue weighted by Crippen LogP contribution is 2.44. The number of allylic oxidation sites excluding steroid dienone is 2. The van der Waals surface area contributed by atoms with E-state index in [1.807, 2.05) is 36.4 Å². The Hall–Kier alpha value is -2.89. The van der Waals surface area contributed by atoms with E-state index in [4.69, 9.17) is 0 Å². The van der Waals surface area contributed by atoms with Gasteiger partial charge in [0.2, 0.25) is 5.91 Å². The summed E-state index contributed by atoms with van der Waals surface area (Å²) in [7, 11) is 1.76. The molecule has 1 saturated carbocycles. The standard InChI is InChI=1S/C24H28N4O2/c1-27(19-5-3-2-4-6-19)24(30)22-15-21(25-26-22)17-9-11-28(12-10-17)23(29)20-14-16-7-8-18(20)13-16/h2-8,15-18,20H,9-14H2,1H3,(H,25,26). The maximum Gasteiger partial charge on any atom is 0.278 e. The summed E-state index contributed by atoms with van der Waals surface area (Å²) in [5.41, 5.74) is 2.27. The van der Waals surface area contributed by atoms with Crippen LogP contribution in [0.3, 0.4) is 0 Å². The maximum absolute atomic E-state index is 13.0. The second kappa shape index (κ2) is 7.74. The number of likely N-dealkylation sites (tertiary alicyclic amines) is 1. The van der Waals surface area contributed by atoms with Gasteiger partial charge < -0.3 is 9.80 Å². The number of aromatic amines is 1. The average molecular weight is 405 g/mol. The van der Waals surface area contributed by atoms with E-state index in [0.29, 0.717) is 29.4 Å². The van der Waals surface area contributed by atoms with Gasteiger partial charge >= 0.3 is 0 Å². The van der Waals surface area contributed by atoms with Crippen molar-refractivity contribution in [2.75, 3.05) is 25.0 Å². The zero-order valence-corrected chi connectivity index (χ0v) is 17.3. The van der Waals surface area contributed by atoms with Crippen LogP contribution in [0.1, 0.15) is 47.8 Å². The van der Waals surface area contributed by atoms with E-state index in [1.165, 1.54) is 0 Å². The normalized spacial score (nSPS) is 25.6. The van der Waals surface area contributed by atoms with Gasteiger partial charge in [-0.25, -0.2) is 0 Å². The molecule has 2 heterocycles. The van der Waals surface area contributed by atoms with Crippen molar-refractivity contribution < 1.29 is 9.59 Å². The number of hydrogen-bond acceptors (Lipinski definition) is 3. The quantitative estimate of drug-likeness (QED) is 0.792. The molecule has 1 aliphatic heterocycles. The molecule has 156 valence electrons. The number of aromatic nitrogens is 2. The van der Waals surface area contributed by atoms with Crippen molar-refractivity contribution in [1.29, 1.82) is 0 Å². The summed E-state index contributed by atoms with van der Waals surface area (Å²) < 4.78 is 0. The Bertz CT molecular complexity index is 959. The number of carbonyl (C=O) groups excluding carboxylic acids is 2. The molecular weight excluding hydrogens is 376 g/mol. The maximum atomic E-state index is 13.0.